The molecule has 2 heteroatoms. The fourth-order valence-corrected chi connectivity index (χ4v) is 4.79. The van der Waals surface area contributed by atoms with Crippen LogP contribution >= 0.6 is 0 Å². The fraction of sp³-hybridized carbons (Fsp3) is 1.00. The van der Waals surface area contributed by atoms with E-state index in [0.717, 1.165) is 24.3 Å². The van der Waals surface area contributed by atoms with Crippen LogP contribution in [0.3, 0.4) is 0 Å². The monoisotopic (exact) mass is 251 g/mol. The van der Waals surface area contributed by atoms with Crippen molar-refractivity contribution >= 4 is 0 Å². The van der Waals surface area contributed by atoms with Gasteiger partial charge in [-0.15, -0.1) is 0 Å². The first-order valence-electron chi connectivity index (χ1n) is 7.99. The van der Waals surface area contributed by atoms with E-state index in [0.29, 0.717) is 12.1 Å². The van der Waals surface area contributed by atoms with Crippen molar-refractivity contribution in [2.45, 2.75) is 77.0 Å². The topological polar surface area (TPSA) is 21.3 Å². The van der Waals surface area contributed by atoms with Gasteiger partial charge < -0.3 is 10.1 Å². The molecule has 1 aliphatic heterocycles. The van der Waals surface area contributed by atoms with E-state index >= 15 is 0 Å². The largest absolute Gasteiger partial charge is 0.369 e. The molecule has 1 heterocycles. The summed E-state index contributed by atoms with van der Waals surface area (Å²) in [6, 6.07) is 0.615. The van der Waals surface area contributed by atoms with Gasteiger partial charge in [-0.1, -0.05) is 33.6 Å². The smallest absolute Gasteiger partial charge is 0.0813 e. The van der Waals surface area contributed by atoms with E-state index in [1.165, 1.54) is 38.5 Å². The van der Waals surface area contributed by atoms with Gasteiger partial charge in [-0.05, 0) is 43.4 Å². The van der Waals surface area contributed by atoms with E-state index in [4.69, 9.17) is 4.74 Å². The number of hydrogen-bond donors (Lipinski definition) is 1. The van der Waals surface area contributed by atoms with Crippen LogP contribution in [0.2, 0.25) is 0 Å². The molecule has 0 amide bonds. The first-order chi connectivity index (χ1) is 8.58. The fourth-order valence-electron chi connectivity index (χ4n) is 4.79. The molecule has 0 radical (unpaired) electrons. The van der Waals surface area contributed by atoms with Crippen molar-refractivity contribution in [3.63, 3.8) is 0 Å². The number of hydrogen-bond acceptors (Lipinski definition) is 2. The minimum atomic E-state index is 0.176. The third-order valence-corrected chi connectivity index (χ3v) is 5.53. The maximum Gasteiger partial charge on any atom is 0.0813 e. The van der Waals surface area contributed by atoms with E-state index in [9.17, 15) is 0 Å². The average molecular weight is 251 g/mol. The highest BCUT2D eigenvalue weighted by atomic mass is 16.5. The summed E-state index contributed by atoms with van der Waals surface area (Å²) in [7, 11) is 0. The van der Waals surface area contributed by atoms with Crippen LogP contribution in [0.15, 0.2) is 0 Å². The Balaban J connectivity index is 1.71. The number of rotatable bonds is 0. The summed E-state index contributed by atoms with van der Waals surface area (Å²) in [5.41, 5.74) is 0.176. The number of fused-ring (bicyclic) bond motifs is 1. The summed E-state index contributed by atoms with van der Waals surface area (Å²) in [5, 5.41) is 3.85. The molecule has 1 N–H and O–H groups in total. The normalized spacial score (nSPS) is 53.2. The zero-order valence-electron chi connectivity index (χ0n) is 12.2. The summed E-state index contributed by atoms with van der Waals surface area (Å²) >= 11 is 0. The van der Waals surface area contributed by atoms with Gasteiger partial charge in [0.25, 0.3) is 0 Å². The molecular weight excluding hydrogens is 222 g/mol. The lowest BCUT2D eigenvalue weighted by Crippen LogP contribution is -2.63. The van der Waals surface area contributed by atoms with Crippen molar-refractivity contribution in [1.82, 2.24) is 5.32 Å². The Morgan fingerprint density at radius 3 is 2.72 bits per heavy atom. The lowest BCUT2D eigenvalue weighted by Gasteiger charge is -2.52. The summed E-state index contributed by atoms with van der Waals surface area (Å²) in [6.45, 7) is 8.27. The van der Waals surface area contributed by atoms with Gasteiger partial charge >= 0.3 is 0 Å². The Morgan fingerprint density at radius 2 is 1.94 bits per heavy atom. The maximum absolute atomic E-state index is 6.67. The average Bonchev–Trinajstić information content (AvgIpc) is 2.27. The summed E-state index contributed by atoms with van der Waals surface area (Å²) in [5.74, 6) is 2.45. The highest BCUT2D eigenvalue weighted by molar-refractivity contribution is 5.00. The van der Waals surface area contributed by atoms with Gasteiger partial charge in [0.2, 0.25) is 0 Å². The lowest BCUT2D eigenvalue weighted by atomic mass is 9.73. The molecule has 2 nitrogen and oxygen atoms in total. The van der Waals surface area contributed by atoms with Crippen LogP contribution in [0.1, 0.15) is 59.3 Å². The molecule has 3 fully saturated rings. The highest BCUT2D eigenvalue weighted by Crippen LogP contribution is 2.42. The minimum absolute atomic E-state index is 0.176. The summed E-state index contributed by atoms with van der Waals surface area (Å²) in [6.07, 6.45) is 8.39. The predicted molar refractivity (Wildman–Crippen MR) is 74.6 cm³/mol. The molecule has 3 rings (SSSR count). The van der Waals surface area contributed by atoms with Crippen LogP contribution < -0.4 is 5.32 Å². The molecule has 2 aliphatic carbocycles. The van der Waals surface area contributed by atoms with Gasteiger partial charge in [0, 0.05) is 12.6 Å². The molecule has 0 aromatic heterocycles. The molecule has 1 spiro atoms. The third-order valence-electron chi connectivity index (χ3n) is 5.53. The second-order valence-electron chi connectivity index (χ2n) is 7.50. The third kappa shape index (κ3) is 2.34. The molecule has 3 aliphatic rings. The molecule has 0 aromatic rings. The van der Waals surface area contributed by atoms with Crippen LogP contribution in [0.5, 0.6) is 0 Å². The Morgan fingerprint density at radius 1 is 1.11 bits per heavy atom. The van der Waals surface area contributed by atoms with Gasteiger partial charge in [-0.2, -0.15) is 0 Å². The molecule has 6 atom stereocenters. The van der Waals surface area contributed by atoms with Crippen molar-refractivity contribution in [2.24, 2.45) is 17.8 Å². The van der Waals surface area contributed by atoms with Crippen molar-refractivity contribution in [1.29, 1.82) is 0 Å². The van der Waals surface area contributed by atoms with E-state index in [2.05, 4.69) is 26.1 Å². The van der Waals surface area contributed by atoms with Gasteiger partial charge in [-0.25, -0.2) is 0 Å². The zero-order valence-corrected chi connectivity index (χ0v) is 12.2. The van der Waals surface area contributed by atoms with Gasteiger partial charge in [0.15, 0.2) is 0 Å². The maximum atomic E-state index is 6.67. The van der Waals surface area contributed by atoms with Crippen molar-refractivity contribution in [2.75, 3.05) is 6.54 Å². The van der Waals surface area contributed by atoms with Gasteiger partial charge in [0.1, 0.15) is 0 Å². The standard InChI is InChI=1S/C16H29NO/c1-11-5-4-6-16(9-11)10-17-15-13(3)7-12(2)8-14(15)18-16/h11-15,17H,4-10H2,1-3H3. The molecule has 18 heavy (non-hydrogen) atoms. The first kappa shape index (κ1) is 12.9. The first-order valence-corrected chi connectivity index (χ1v) is 7.99. The molecule has 2 saturated carbocycles. The van der Waals surface area contributed by atoms with Crippen LogP contribution in [0.4, 0.5) is 0 Å². The SMILES string of the molecule is CC1CC(C)C2NCC3(CCCC(C)C3)OC2C1. The van der Waals surface area contributed by atoms with Crippen molar-refractivity contribution in [3.05, 3.63) is 0 Å². The zero-order chi connectivity index (χ0) is 12.8. The van der Waals surface area contributed by atoms with Gasteiger partial charge in [0.05, 0.1) is 11.7 Å². The Labute approximate surface area is 112 Å². The van der Waals surface area contributed by atoms with Crippen LogP contribution in [0, 0.1) is 17.8 Å². The second kappa shape index (κ2) is 4.79. The lowest BCUT2D eigenvalue weighted by molar-refractivity contribution is -0.178. The van der Waals surface area contributed by atoms with Crippen LogP contribution in [-0.2, 0) is 4.74 Å². The van der Waals surface area contributed by atoms with E-state index in [-0.39, 0.29) is 5.60 Å². The summed E-state index contributed by atoms with van der Waals surface area (Å²) in [4.78, 5) is 0. The Kier molecular flexibility index (Phi) is 3.44. The Bertz CT molecular complexity index is 305. The van der Waals surface area contributed by atoms with Crippen molar-refractivity contribution in [3.8, 4) is 0 Å². The van der Waals surface area contributed by atoms with E-state index in [1.54, 1.807) is 0 Å². The highest BCUT2D eigenvalue weighted by Gasteiger charge is 2.46. The minimum Gasteiger partial charge on any atom is -0.369 e. The Hall–Kier alpha value is -0.0800. The molecule has 0 bridgehead atoms. The molecule has 6 unspecified atom stereocenters. The van der Waals surface area contributed by atoms with Crippen molar-refractivity contribution < 1.29 is 4.74 Å². The van der Waals surface area contributed by atoms with Gasteiger partial charge in [-0.3, -0.25) is 0 Å². The molecular formula is C16H29NO. The second-order valence-corrected chi connectivity index (χ2v) is 7.50. The molecule has 0 aromatic carbocycles. The molecule has 1 saturated heterocycles. The number of nitrogens with one attached hydrogen (secondary N) is 1. The number of ether oxygens (including phenoxy) is 1. The predicted octanol–water partition coefficient (Wildman–Crippen LogP) is 3.36. The van der Waals surface area contributed by atoms with E-state index in [1.807, 2.05) is 0 Å². The molecule has 104 valence electrons. The van der Waals surface area contributed by atoms with E-state index < -0.39 is 0 Å². The summed E-state index contributed by atoms with van der Waals surface area (Å²) < 4.78 is 6.67. The quantitative estimate of drug-likeness (QED) is 0.713. The number of morpholine rings is 1. The van der Waals surface area contributed by atoms with Crippen LogP contribution in [0.25, 0.3) is 0 Å². The van der Waals surface area contributed by atoms with Crippen LogP contribution in [-0.4, -0.2) is 24.3 Å².